The Morgan fingerprint density at radius 1 is 0.410 bits per heavy atom. The number of hydrogen-bond acceptors (Lipinski definition) is 4. The highest BCUT2D eigenvalue weighted by Crippen LogP contribution is 2.45. The third kappa shape index (κ3) is 5.99. The van der Waals surface area contributed by atoms with Crippen molar-refractivity contribution in [3.63, 3.8) is 0 Å². The molecule has 9 aromatic carbocycles. The fourth-order valence-electron chi connectivity index (χ4n) is 9.19. The highest BCUT2D eigenvalue weighted by atomic mass is 16.3. The largest absolute Gasteiger partial charge is 0.456 e. The Morgan fingerprint density at radius 2 is 1.03 bits per heavy atom. The summed E-state index contributed by atoms with van der Waals surface area (Å²) >= 11 is 0. The molecule has 0 fully saturated rings. The first-order chi connectivity index (χ1) is 30.2. The minimum Gasteiger partial charge on any atom is -0.456 e. The van der Waals surface area contributed by atoms with Gasteiger partial charge in [-0.1, -0.05) is 140 Å². The lowest BCUT2D eigenvalue weighted by molar-refractivity contribution is 0.669. The number of fused-ring (bicyclic) bond motifs is 8. The third-order valence-corrected chi connectivity index (χ3v) is 12.1. The molecular weight excluding hydrogens is 745 g/mol. The molecule has 11 aromatic rings. The SMILES string of the molecule is C1=C(c2ccccc2)C=C(c2cccc3oc4c(-c5ccc(N(c6ccc(-c7ccccc7)cc6)c6ccc7c(c6)oc6ccccc67)cc5)cc5ccccc5c4c23)CN1. The summed E-state index contributed by atoms with van der Waals surface area (Å²) in [5, 5.41) is 10.4. The molecule has 12 rings (SSSR count). The Bertz CT molecular complexity index is 3500. The maximum atomic E-state index is 6.94. The second kappa shape index (κ2) is 14.3. The van der Waals surface area contributed by atoms with E-state index >= 15 is 0 Å². The molecule has 0 saturated carbocycles. The van der Waals surface area contributed by atoms with Crippen LogP contribution in [0.1, 0.15) is 11.1 Å². The van der Waals surface area contributed by atoms with E-state index in [1.54, 1.807) is 0 Å². The lowest BCUT2D eigenvalue weighted by Crippen LogP contribution is -2.14. The van der Waals surface area contributed by atoms with Gasteiger partial charge < -0.3 is 19.1 Å². The number of nitrogens with zero attached hydrogens (tertiary/aromatic N) is 1. The van der Waals surface area contributed by atoms with Gasteiger partial charge in [0.2, 0.25) is 0 Å². The van der Waals surface area contributed by atoms with E-state index in [1.807, 2.05) is 12.1 Å². The Balaban J connectivity index is 0.993. The highest BCUT2D eigenvalue weighted by molar-refractivity contribution is 6.25. The number of para-hydroxylation sites is 1. The number of dihydropyridines is 1. The van der Waals surface area contributed by atoms with Crippen molar-refractivity contribution < 1.29 is 8.83 Å². The Morgan fingerprint density at radius 3 is 1.82 bits per heavy atom. The molecule has 0 spiro atoms. The van der Waals surface area contributed by atoms with Gasteiger partial charge in [0.1, 0.15) is 22.3 Å². The predicted molar refractivity (Wildman–Crippen MR) is 254 cm³/mol. The Kier molecular flexibility index (Phi) is 8.20. The standard InChI is InChI=1S/C57H38N2O2/c1-3-12-37(13-4-1)39-22-26-44(27-23-39)59(46-30-31-50-49-18-9-10-20-52(49)60-54(50)34-46)45-28-24-40(25-29-45)51-33-41-16-7-8-17-47(41)56-55-48(19-11-21-53(55)61-57(51)56)43-32-42(35-58-36-43)38-14-5-2-6-15-38/h1-35,58H,36H2. The molecule has 61 heavy (non-hydrogen) atoms. The average Bonchev–Trinajstić information content (AvgIpc) is 3.92. The van der Waals surface area contributed by atoms with Crippen molar-refractivity contribution in [2.45, 2.75) is 0 Å². The molecule has 4 heteroatoms. The number of furan rings is 2. The number of benzene rings is 9. The van der Waals surface area contributed by atoms with E-state index in [9.17, 15) is 0 Å². The zero-order chi connectivity index (χ0) is 40.3. The van der Waals surface area contributed by atoms with Gasteiger partial charge in [-0.3, -0.25) is 0 Å². The van der Waals surface area contributed by atoms with Gasteiger partial charge in [0.25, 0.3) is 0 Å². The molecule has 1 aliphatic heterocycles. The molecule has 0 bridgehead atoms. The second-order valence-corrected chi connectivity index (χ2v) is 15.7. The van der Waals surface area contributed by atoms with Crippen LogP contribution in [0.15, 0.2) is 221 Å². The summed E-state index contributed by atoms with van der Waals surface area (Å²) in [4.78, 5) is 2.30. The van der Waals surface area contributed by atoms with E-state index < -0.39 is 0 Å². The first-order valence-corrected chi connectivity index (χ1v) is 20.8. The van der Waals surface area contributed by atoms with Crippen LogP contribution in [0.25, 0.3) is 88.0 Å². The van der Waals surface area contributed by atoms with Crippen molar-refractivity contribution in [3.05, 3.63) is 224 Å². The topological polar surface area (TPSA) is 41.6 Å². The van der Waals surface area contributed by atoms with Crippen molar-refractivity contribution in [2.75, 3.05) is 11.4 Å². The van der Waals surface area contributed by atoms with Gasteiger partial charge in [-0.2, -0.15) is 0 Å². The van der Waals surface area contributed by atoms with E-state index in [4.69, 9.17) is 8.83 Å². The minimum absolute atomic E-state index is 0.732. The summed E-state index contributed by atoms with van der Waals surface area (Å²) in [5.74, 6) is 0. The van der Waals surface area contributed by atoms with Crippen molar-refractivity contribution in [2.24, 2.45) is 0 Å². The van der Waals surface area contributed by atoms with Crippen molar-refractivity contribution in [3.8, 4) is 22.3 Å². The quantitative estimate of drug-likeness (QED) is 0.175. The van der Waals surface area contributed by atoms with Crippen molar-refractivity contribution in [1.82, 2.24) is 5.32 Å². The van der Waals surface area contributed by atoms with E-state index in [1.165, 1.54) is 38.6 Å². The zero-order valence-corrected chi connectivity index (χ0v) is 33.2. The lowest BCUT2D eigenvalue weighted by Gasteiger charge is -2.26. The summed E-state index contributed by atoms with van der Waals surface area (Å²) in [7, 11) is 0. The van der Waals surface area contributed by atoms with Gasteiger partial charge in [-0.15, -0.1) is 0 Å². The maximum absolute atomic E-state index is 6.94. The predicted octanol–water partition coefficient (Wildman–Crippen LogP) is 15.5. The van der Waals surface area contributed by atoms with E-state index in [2.05, 4.69) is 211 Å². The fourth-order valence-corrected chi connectivity index (χ4v) is 9.19. The Labute approximate surface area is 352 Å². The summed E-state index contributed by atoms with van der Waals surface area (Å²) in [5.41, 5.74) is 15.9. The number of hydrogen-bond donors (Lipinski definition) is 1. The van der Waals surface area contributed by atoms with Crippen LogP contribution in [-0.2, 0) is 0 Å². The van der Waals surface area contributed by atoms with Gasteiger partial charge in [-0.05, 0) is 110 Å². The van der Waals surface area contributed by atoms with Crippen LogP contribution < -0.4 is 10.2 Å². The molecule has 3 heterocycles. The number of rotatable bonds is 7. The molecule has 0 saturated heterocycles. The van der Waals surface area contributed by atoms with Crippen LogP contribution in [0.5, 0.6) is 0 Å². The first-order valence-electron chi connectivity index (χ1n) is 20.8. The van der Waals surface area contributed by atoms with Crippen LogP contribution in [0.4, 0.5) is 17.1 Å². The molecule has 4 nitrogen and oxygen atoms in total. The van der Waals surface area contributed by atoms with E-state index in [0.29, 0.717) is 0 Å². The number of allylic oxidation sites excluding steroid dienone is 2. The summed E-state index contributed by atoms with van der Waals surface area (Å²) < 4.78 is 13.3. The smallest absolute Gasteiger partial charge is 0.143 e. The van der Waals surface area contributed by atoms with E-state index in [0.717, 1.165) is 84.2 Å². The van der Waals surface area contributed by atoms with Crippen molar-refractivity contribution in [1.29, 1.82) is 0 Å². The van der Waals surface area contributed by atoms with Crippen LogP contribution in [0.2, 0.25) is 0 Å². The first kappa shape index (κ1) is 34.9. The summed E-state index contributed by atoms with van der Waals surface area (Å²) in [6, 6.07) is 70.9. The average molecular weight is 783 g/mol. The van der Waals surface area contributed by atoms with Crippen LogP contribution in [-0.4, -0.2) is 6.54 Å². The zero-order valence-electron chi connectivity index (χ0n) is 33.2. The lowest BCUT2D eigenvalue weighted by atomic mass is 9.91. The number of nitrogens with one attached hydrogen (secondary N) is 1. The van der Waals surface area contributed by atoms with Gasteiger partial charge in [0, 0.05) is 63.0 Å². The molecular formula is C57H38N2O2. The third-order valence-electron chi connectivity index (χ3n) is 12.1. The fraction of sp³-hybridized carbons (Fsp3) is 0.0175. The molecule has 0 unspecified atom stereocenters. The molecule has 2 aromatic heterocycles. The second-order valence-electron chi connectivity index (χ2n) is 15.7. The van der Waals surface area contributed by atoms with Crippen molar-refractivity contribution >= 4 is 82.9 Å². The minimum atomic E-state index is 0.732. The van der Waals surface area contributed by atoms with E-state index in [-0.39, 0.29) is 0 Å². The summed E-state index contributed by atoms with van der Waals surface area (Å²) in [6.07, 6.45) is 4.43. The Hall–Kier alpha value is -8.08. The van der Waals surface area contributed by atoms with Crippen LogP contribution >= 0.6 is 0 Å². The molecule has 0 aliphatic carbocycles. The maximum Gasteiger partial charge on any atom is 0.143 e. The van der Waals surface area contributed by atoms with Gasteiger partial charge in [-0.25, -0.2) is 0 Å². The molecule has 1 aliphatic rings. The monoisotopic (exact) mass is 782 g/mol. The van der Waals surface area contributed by atoms with Gasteiger partial charge in [0.15, 0.2) is 0 Å². The molecule has 0 amide bonds. The highest BCUT2D eigenvalue weighted by Gasteiger charge is 2.22. The van der Waals surface area contributed by atoms with Crippen LogP contribution in [0.3, 0.4) is 0 Å². The molecule has 1 N–H and O–H groups in total. The molecule has 0 atom stereocenters. The molecule has 288 valence electrons. The normalized spacial score (nSPS) is 12.9. The number of anilines is 3. The molecule has 0 radical (unpaired) electrons. The van der Waals surface area contributed by atoms with Gasteiger partial charge >= 0.3 is 0 Å². The van der Waals surface area contributed by atoms with Crippen LogP contribution in [0, 0.1) is 0 Å². The summed E-state index contributed by atoms with van der Waals surface area (Å²) in [6.45, 7) is 0.732. The van der Waals surface area contributed by atoms with Gasteiger partial charge in [0.05, 0.1) is 0 Å².